The summed E-state index contributed by atoms with van der Waals surface area (Å²) >= 11 is 0. The minimum absolute atomic E-state index is 0.917. The van der Waals surface area contributed by atoms with E-state index in [9.17, 15) is 0 Å². The van der Waals surface area contributed by atoms with Gasteiger partial charge in [-0.05, 0) is 24.2 Å². The third-order valence-corrected chi connectivity index (χ3v) is 3.98. The Bertz CT molecular complexity index is 128. The topological polar surface area (TPSA) is 0 Å². The minimum atomic E-state index is 0.917. The number of hydrogen-bond acceptors (Lipinski definition) is 0. The number of rotatable bonds is 9. The molecule has 0 aliphatic carbocycles. The molecular weight excluding hydrogens is 180 g/mol. The van der Waals surface area contributed by atoms with Gasteiger partial charge in [-0.25, -0.2) is 0 Å². The van der Waals surface area contributed by atoms with E-state index in [1.807, 2.05) is 0 Å². The first-order valence-corrected chi connectivity index (χ1v) is 7.15. The summed E-state index contributed by atoms with van der Waals surface area (Å²) in [6.45, 7) is 11.8. The van der Waals surface area contributed by atoms with Crippen molar-refractivity contribution in [3.8, 4) is 0 Å². The first-order valence-electron chi connectivity index (χ1n) is 7.15. The Morgan fingerprint density at radius 2 is 1.53 bits per heavy atom. The fourth-order valence-corrected chi connectivity index (χ4v) is 2.54. The third kappa shape index (κ3) is 6.98. The zero-order valence-corrected chi connectivity index (χ0v) is 11.7. The molecule has 0 rings (SSSR count). The monoisotopic (exact) mass is 212 g/mol. The standard InChI is InChI=1S/C15H32/c1-6-9-10-11-15(8-3)14(5)12-13(4)7-2/h13-15H,6-12H2,1-5H3. The summed E-state index contributed by atoms with van der Waals surface area (Å²) in [4.78, 5) is 0. The van der Waals surface area contributed by atoms with Gasteiger partial charge in [0, 0.05) is 0 Å². The Hall–Kier alpha value is 0. The van der Waals surface area contributed by atoms with Crippen LogP contribution in [0.15, 0.2) is 0 Å². The van der Waals surface area contributed by atoms with Crippen molar-refractivity contribution in [2.45, 2.75) is 79.6 Å². The van der Waals surface area contributed by atoms with Crippen LogP contribution in [0.5, 0.6) is 0 Å². The van der Waals surface area contributed by atoms with Crippen molar-refractivity contribution < 1.29 is 0 Å². The first kappa shape index (κ1) is 15.0. The zero-order chi connectivity index (χ0) is 11.7. The van der Waals surface area contributed by atoms with Crippen LogP contribution in [0.1, 0.15) is 79.6 Å². The highest BCUT2D eigenvalue weighted by Crippen LogP contribution is 2.28. The maximum absolute atomic E-state index is 2.46. The highest BCUT2D eigenvalue weighted by atomic mass is 14.2. The van der Waals surface area contributed by atoms with Gasteiger partial charge in [0.05, 0.1) is 0 Å². The Balaban J connectivity index is 3.81. The van der Waals surface area contributed by atoms with Gasteiger partial charge >= 0.3 is 0 Å². The van der Waals surface area contributed by atoms with E-state index in [2.05, 4.69) is 34.6 Å². The molecule has 0 saturated carbocycles. The molecule has 0 aromatic rings. The van der Waals surface area contributed by atoms with Gasteiger partial charge in [0.25, 0.3) is 0 Å². The van der Waals surface area contributed by atoms with Gasteiger partial charge in [-0.2, -0.15) is 0 Å². The quantitative estimate of drug-likeness (QED) is 0.432. The summed E-state index contributed by atoms with van der Waals surface area (Å²) in [5, 5.41) is 0. The predicted molar refractivity (Wildman–Crippen MR) is 71.2 cm³/mol. The molecule has 3 atom stereocenters. The van der Waals surface area contributed by atoms with Crippen LogP contribution in [0.2, 0.25) is 0 Å². The lowest BCUT2D eigenvalue weighted by Crippen LogP contribution is -2.14. The second kappa shape index (κ2) is 9.24. The van der Waals surface area contributed by atoms with E-state index in [1.165, 1.54) is 44.9 Å². The van der Waals surface area contributed by atoms with E-state index >= 15 is 0 Å². The lowest BCUT2D eigenvalue weighted by atomic mass is 9.81. The highest BCUT2D eigenvalue weighted by molar-refractivity contribution is 4.68. The van der Waals surface area contributed by atoms with Gasteiger partial charge in [0.1, 0.15) is 0 Å². The molecule has 0 bridgehead atoms. The van der Waals surface area contributed by atoms with E-state index in [4.69, 9.17) is 0 Å². The normalized spacial score (nSPS) is 17.4. The molecule has 15 heavy (non-hydrogen) atoms. The summed E-state index contributed by atoms with van der Waals surface area (Å²) in [5.41, 5.74) is 0. The molecule has 0 heterocycles. The van der Waals surface area contributed by atoms with Crippen molar-refractivity contribution in [2.24, 2.45) is 17.8 Å². The summed E-state index contributed by atoms with van der Waals surface area (Å²) in [7, 11) is 0. The Morgan fingerprint density at radius 1 is 0.867 bits per heavy atom. The molecule has 0 fully saturated rings. The van der Waals surface area contributed by atoms with Crippen LogP contribution in [0.4, 0.5) is 0 Å². The zero-order valence-electron chi connectivity index (χ0n) is 11.7. The molecule has 0 saturated heterocycles. The molecule has 0 aromatic carbocycles. The maximum Gasteiger partial charge on any atom is -0.0391 e. The minimum Gasteiger partial charge on any atom is -0.0654 e. The lowest BCUT2D eigenvalue weighted by Gasteiger charge is -2.25. The number of hydrogen-bond donors (Lipinski definition) is 0. The van der Waals surface area contributed by atoms with Crippen molar-refractivity contribution in [3.63, 3.8) is 0 Å². The van der Waals surface area contributed by atoms with Gasteiger partial charge in [-0.1, -0.05) is 73.1 Å². The lowest BCUT2D eigenvalue weighted by molar-refractivity contribution is 0.264. The molecule has 3 unspecified atom stereocenters. The smallest absolute Gasteiger partial charge is 0.0391 e. The van der Waals surface area contributed by atoms with Crippen LogP contribution in [0.3, 0.4) is 0 Å². The second-order valence-electron chi connectivity index (χ2n) is 5.39. The molecular formula is C15H32. The molecule has 0 spiro atoms. The molecule has 92 valence electrons. The fourth-order valence-electron chi connectivity index (χ4n) is 2.54. The van der Waals surface area contributed by atoms with Crippen molar-refractivity contribution in [1.29, 1.82) is 0 Å². The van der Waals surface area contributed by atoms with Gasteiger partial charge in [-0.15, -0.1) is 0 Å². The van der Waals surface area contributed by atoms with Crippen molar-refractivity contribution in [2.75, 3.05) is 0 Å². The van der Waals surface area contributed by atoms with Crippen molar-refractivity contribution in [1.82, 2.24) is 0 Å². The van der Waals surface area contributed by atoms with Crippen LogP contribution in [0.25, 0.3) is 0 Å². The molecule has 0 N–H and O–H groups in total. The predicted octanol–water partition coefficient (Wildman–Crippen LogP) is 5.67. The fraction of sp³-hybridized carbons (Fsp3) is 1.00. The molecule has 0 nitrogen and oxygen atoms in total. The van der Waals surface area contributed by atoms with Crippen molar-refractivity contribution in [3.05, 3.63) is 0 Å². The molecule has 0 aliphatic heterocycles. The van der Waals surface area contributed by atoms with Crippen molar-refractivity contribution >= 4 is 0 Å². The van der Waals surface area contributed by atoms with E-state index in [0.29, 0.717) is 0 Å². The Morgan fingerprint density at radius 3 is 2.00 bits per heavy atom. The summed E-state index contributed by atoms with van der Waals surface area (Å²) < 4.78 is 0. The summed E-state index contributed by atoms with van der Waals surface area (Å²) in [6, 6.07) is 0. The average molecular weight is 212 g/mol. The van der Waals surface area contributed by atoms with Gasteiger partial charge in [0.15, 0.2) is 0 Å². The Kier molecular flexibility index (Phi) is 9.24. The van der Waals surface area contributed by atoms with Crippen LogP contribution >= 0.6 is 0 Å². The number of unbranched alkanes of at least 4 members (excludes halogenated alkanes) is 2. The summed E-state index contributed by atoms with van der Waals surface area (Å²) in [6.07, 6.45) is 9.84. The first-order chi connectivity index (χ1) is 7.15. The SMILES string of the molecule is CCCCCC(CC)C(C)CC(C)CC. The van der Waals surface area contributed by atoms with Crippen LogP contribution in [-0.4, -0.2) is 0 Å². The molecule has 0 heteroatoms. The average Bonchev–Trinajstić information content (AvgIpc) is 2.24. The van der Waals surface area contributed by atoms with Crippen LogP contribution in [0, 0.1) is 17.8 Å². The molecule has 0 radical (unpaired) electrons. The van der Waals surface area contributed by atoms with E-state index in [0.717, 1.165) is 17.8 Å². The van der Waals surface area contributed by atoms with E-state index in [-0.39, 0.29) is 0 Å². The summed E-state index contributed by atoms with van der Waals surface area (Å²) in [5.74, 6) is 2.83. The van der Waals surface area contributed by atoms with Gasteiger partial charge in [0.2, 0.25) is 0 Å². The highest BCUT2D eigenvalue weighted by Gasteiger charge is 2.16. The largest absolute Gasteiger partial charge is 0.0654 e. The maximum atomic E-state index is 2.46. The Labute approximate surface area is 97.8 Å². The van der Waals surface area contributed by atoms with E-state index < -0.39 is 0 Å². The van der Waals surface area contributed by atoms with Crippen LogP contribution < -0.4 is 0 Å². The molecule has 0 aromatic heterocycles. The van der Waals surface area contributed by atoms with Crippen LogP contribution in [-0.2, 0) is 0 Å². The third-order valence-electron chi connectivity index (χ3n) is 3.98. The van der Waals surface area contributed by atoms with Gasteiger partial charge < -0.3 is 0 Å². The molecule has 0 aliphatic rings. The second-order valence-corrected chi connectivity index (χ2v) is 5.39. The van der Waals surface area contributed by atoms with Gasteiger partial charge in [-0.3, -0.25) is 0 Å². The van der Waals surface area contributed by atoms with E-state index in [1.54, 1.807) is 0 Å². The molecule has 0 amide bonds.